The number of rotatable bonds is 3. The number of ether oxygens (including phenoxy) is 1. The summed E-state index contributed by atoms with van der Waals surface area (Å²) in [5.74, 6) is 0.825. The van der Waals surface area contributed by atoms with Crippen LogP contribution in [0.3, 0.4) is 0 Å². The van der Waals surface area contributed by atoms with Crippen molar-refractivity contribution in [3.8, 4) is 0 Å². The number of fused-ring (bicyclic) bond motifs is 2. The lowest BCUT2D eigenvalue weighted by atomic mass is 10.2. The molecule has 0 radical (unpaired) electrons. The summed E-state index contributed by atoms with van der Waals surface area (Å²) in [6, 6.07) is 0. The van der Waals surface area contributed by atoms with Crippen LogP contribution in [0.25, 0.3) is 0 Å². The second-order valence-electron chi connectivity index (χ2n) is 4.79. The van der Waals surface area contributed by atoms with Crippen LogP contribution in [0.4, 0.5) is 5.95 Å². The Morgan fingerprint density at radius 2 is 1.88 bits per heavy atom. The third-order valence-electron chi connectivity index (χ3n) is 3.45. The highest BCUT2D eigenvalue weighted by Crippen LogP contribution is 2.27. The van der Waals surface area contributed by atoms with Crippen LogP contribution in [0.5, 0.6) is 0 Å². The predicted octanol–water partition coefficient (Wildman–Crippen LogP) is 0.345. The molecule has 1 aromatic rings. The van der Waals surface area contributed by atoms with Gasteiger partial charge in [0.25, 0.3) is 0 Å². The summed E-state index contributed by atoms with van der Waals surface area (Å²) in [5.41, 5.74) is 6.61. The van der Waals surface area contributed by atoms with Crippen LogP contribution in [0.2, 0.25) is 0 Å². The molecule has 2 fully saturated rings. The van der Waals surface area contributed by atoms with Crippen molar-refractivity contribution in [2.75, 3.05) is 24.5 Å². The van der Waals surface area contributed by atoms with Gasteiger partial charge in [0.05, 0.1) is 12.2 Å². The Morgan fingerprint density at radius 1 is 1.24 bits per heavy atom. The van der Waals surface area contributed by atoms with Crippen LogP contribution in [0.15, 0.2) is 12.4 Å². The van der Waals surface area contributed by atoms with E-state index in [1.807, 2.05) is 12.4 Å². The standard InChI is InChI=1S/C12H18N4O/c13-4-3-9-5-14-12(15-6-9)16-7-10-1-2-11(8-16)17-10/h5-6,10-11H,1-4,7-8,13H2. The zero-order valence-electron chi connectivity index (χ0n) is 9.88. The smallest absolute Gasteiger partial charge is 0.225 e. The molecule has 5 nitrogen and oxygen atoms in total. The van der Waals surface area contributed by atoms with Crippen molar-refractivity contribution in [3.05, 3.63) is 18.0 Å². The molecule has 2 bridgehead atoms. The number of nitrogens with zero attached hydrogens (tertiary/aromatic N) is 3. The fraction of sp³-hybridized carbons (Fsp3) is 0.667. The Labute approximate surface area is 101 Å². The summed E-state index contributed by atoms with van der Waals surface area (Å²) in [7, 11) is 0. The summed E-state index contributed by atoms with van der Waals surface area (Å²) < 4.78 is 5.80. The molecule has 2 saturated heterocycles. The van der Waals surface area contributed by atoms with Gasteiger partial charge in [-0.15, -0.1) is 0 Å². The first-order valence-electron chi connectivity index (χ1n) is 6.26. The summed E-state index contributed by atoms with van der Waals surface area (Å²) in [6.45, 7) is 2.49. The lowest BCUT2D eigenvalue weighted by molar-refractivity contribution is 0.0299. The van der Waals surface area contributed by atoms with E-state index in [4.69, 9.17) is 10.5 Å². The Morgan fingerprint density at radius 3 is 2.47 bits per heavy atom. The van der Waals surface area contributed by atoms with Gasteiger partial charge >= 0.3 is 0 Å². The van der Waals surface area contributed by atoms with Gasteiger partial charge in [0.2, 0.25) is 5.95 Å². The van der Waals surface area contributed by atoms with E-state index in [1.54, 1.807) is 0 Å². The second kappa shape index (κ2) is 4.58. The monoisotopic (exact) mass is 234 g/mol. The number of hydrogen-bond acceptors (Lipinski definition) is 5. The normalized spacial score (nSPS) is 27.5. The highest BCUT2D eigenvalue weighted by atomic mass is 16.5. The third kappa shape index (κ3) is 2.25. The highest BCUT2D eigenvalue weighted by molar-refractivity contribution is 5.32. The van der Waals surface area contributed by atoms with E-state index in [1.165, 1.54) is 12.8 Å². The molecule has 3 heterocycles. The minimum absolute atomic E-state index is 0.376. The summed E-state index contributed by atoms with van der Waals surface area (Å²) in [6.07, 6.45) is 7.70. The van der Waals surface area contributed by atoms with Gasteiger partial charge in [0.1, 0.15) is 0 Å². The van der Waals surface area contributed by atoms with E-state index >= 15 is 0 Å². The molecular weight excluding hydrogens is 216 g/mol. The second-order valence-corrected chi connectivity index (χ2v) is 4.79. The number of aromatic nitrogens is 2. The molecule has 0 amide bonds. The molecule has 0 aromatic carbocycles. The van der Waals surface area contributed by atoms with E-state index < -0.39 is 0 Å². The minimum Gasteiger partial charge on any atom is -0.371 e. The van der Waals surface area contributed by atoms with Gasteiger partial charge in [-0.1, -0.05) is 0 Å². The van der Waals surface area contributed by atoms with Gasteiger partial charge in [-0.3, -0.25) is 0 Å². The first kappa shape index (κ1) is 10.9. The molecular formula is C12H18N4O. The van der Waals surface area contributed by atoms with Gasteiger partial charge in [-0.2, -0.15) is 0 Å². The summed E-state index contributed by atoms with van der Waals surface area (Å²) in [4.78, 5) is 11.1. The fourth-order valence-electron chi connectivity index (χ4n) is 2.59. The molecule has 0 spiro atoms. The molecule has 2 aliphatic heterocycles. The van der Waals surface area contributed by atoms with E-state index in [0.717, 1.165) is 31.0 Å². The minimum atomic E-state index is 0.376. The lowest BCUT2D eigenvalue weighted by Gasteiger charge is -2.32. The van der Waals surface area contributed by atoms with Crippen molar-refractivity contribution in [1.29, 1.82) is 0 Å². The molecule has 2 N–H and O–H groups in total. The molecule has 92 valence electrons. The number of morpholine rings is 1. The molecule has 17 heavy (non-hydrogen) atoms. The quantitative estimate of drug-likeness (QED) is 0.817. The lowest BCUT2D eigenvalue weighted by Crippen LogP contribution is -2.43. The summed E-state index contributed by atoms with van der Waals surface area (Å²) in [5, 5.41) is 0. The largest absolute Gasteiger partial charge is 0.371 e. The van der Waals surface area contributed by atoms with Crippen LogP contribution in [-0.4, -0.2) is 41.8 Å². The van der Waals surface area contributed by atoms with Crippen LogP contribution in [-0.2, 0) is 11.2 Å². The van der Waals surface area contributed by atoms with Gasteiger partial charge < -0.3 is 15.4 Å². The van der Waals surface area contributed by atoms with Crippen LogP contribution >= 0.6 is 0 Å². The van der Waals surface area contributed by atoms with Crippen molar-refractivity contribution < 1.29 is 4.74 Å². The molecule has 5 heteroatoms. The number of hydrogen-bond donors (Lipinski definition) is 1. The topological polar surface area (TPSA) is 64.3 Å². The first-order chi connectivity index (χ1) is 8.35. The molecule has 3 rings (SSSR count). The molecule has 2 atom stereocenters. The maximum absolute atomic E-state index is 5.80. The van der Waals surface area contributed by atoms with Crippen molar-refractivity contribution in [2.45, 2.75) is 31.5 Å². The number of nitrogens with two attached hydrogens (primary N) is 1. The average molecular weight is 234 g/mol. The Kier molecular flexibility index (Phi) is 2.94. The van der Waals surface area contributed by atoms with E-state index in [-0.39, 0.29) is 0 Å². The highest BCUT2D eigenvalue weighted by Gasteiger charge is 2.34. The zero-order chi connectivity index (χ0) is 11.7. The van der Waals surface area contributed by atoms with Gasteiger partial charge in [0.15, 0.2) is 0 Å². The maximum Gasteiger partial charge on any atom is 0.225 e. The third-order valence-corrected chi connectivity index (χ3v) is 3.45. The van der Waals surface area contributed by atoms with Crippen molar-refractivity contribution >= 4 is 5.95 Å². The Bertz CT molecular complexity index is 369. The van der Waals surface area contributed by atoms with Crippen molar-refractivity contribution in [2.24, 2.45) is 5.73 Å². The first-order valence-corrected chi connectivity index (χ1v) is 6.26. The molecule has 2 unspecified atom stereocenters. The molecule has 2 aliphatic rings. The van der Waals surface area contributed by atoms with E-state index in [0.29, 0.717) is 18.8 Å². The van der Waals surface area contributed by atoms with E-state index in [9.17, 15) is 0 Å². The van der Waals surface area contributed by atoms with Gasteiger partial charge in [-0.05, 0) is 31.4 Å². The SMILES string of the molecule is NCCc1cnc(N2CC3CCC(C2)O3)nc1. The predicted molar refractivity (Wildman–Crippen MR) is 64.9 cm³/mol. The Hall–Kier alpha value is -1.20. The molecule has 0 saturated carbocycles. The van der Waals surface area contributed by atoms with Gasteiger partial charge in [0, 0.05) is 25.5 Å². The van der Waals surface area contributed by atoms with Crippen LogP contribution < -0.4 is 10.6 Å². The number of anilines is 1. The zero-order valence-corrected chi connectivity index (χ0v) is 9.88. The average Bonchev–Trinajstić information content (AvgIpc) is 2.70. The van der Waals surface area contributed by atoms with Crippen LogP contribution in [0, 0.1) is 0 Å². The maximum atomic E-state index is 5.80. The molecule has 0 aliphatic carbocycles. The van der Waals surface area contributed by atoms with Crippen molar-refractivity contribution in [1.82, 2.24) is 9.97 Å². The molecule has 1 aromatic heterocycles. The van der Waals surface area contributed by atoms with Crippen LogP contribution in [0.1, 0.15) is 18.4 Å². The fourth-order valence-corrected chi connectivity index (χ4v) is 2.59. The van der Waals surface area contributed by atoms with E-state index in [2.05, 4.69) is 14.9 Å². The van der Waals surface area contributed by atoms with Gasteiger partial charge in [-0.25, -0.2) is 9.97 Å². The van der Waals surface area contributed by atoms with Crippen molar-refractivity contribution in [3.63, 3.8) is 0 Å². The Balaban J connectivity index is 1.71. The summed E-state index contributed by atoms with van der Waals surface area (Å²) >= 11 is 0.